The highest BCUT2D eigenvalue weighted by molar-refractivity contribution is 5.77. The molecule has 5 nitrogen and oxygen atoms in total. The van der Waals surface area contributed by atoms with Gasteiger partial charge < -0.3 is 19.7 Å². The third-order valence-corrected chi connectivity index (χ3v) is 2.12. The van der Waals surface area contributed by atoms with Gasteiger partial charge in [0, 0.05) is 5.56 Å². The fourth-order valence-electron chi connectivity index (χ4n) is 1.32. The highest BCUT2D eigenvalue weighted by atomic mass is 19.1. The van der Waals surface area contributed by atoms with Crippen LogP contribution in [0.3, 0.4) is 0 Å². The van der Waals surface area contributed by atoms with E-state index >= 15 is 0 Å². The maximum Gasteiger partial charge on any atom is 0.339 e. The topological polar surface area (TPSA) is 76.0 Å². The summed E-state index contributed by atoms with van der Waals surface area (Å²) in [7, 11) is 1.17. The van der Waals surface area contributed by atoms with E-state index in [4.69, 9.17) is 0 Å². The Morgan fingerprint density at radius 1 is 1.53 bits per heavy atom. The van der Waals surface area contributed by atoms with Crippen LogP contribution in [0.2, 0.25) is 0 Å². The second-order valence-electron chi connectivity index (χ2n) is 3.17. The van der Waals surface area contributed by atoms with Gasteiger partial charge >= 0.3 is 5.97 Å². The number of carbonyl (C=O) groups is 1. The zero-order valence-electron chi connectivity index (χ0n) is 9.44. The van der Waals surface area contributed by atoms with E-state index in [2.05, 4.69) is 9.47 Å². The fraction of sp³-hybridized carbons (Fsp3) is 0.364. The standard InChI is InChI=1S/C11H13FO5/c1-3-17-11(15)9(14)6-4-5-7(12)10(16-2)8(6)13/h4-5,9,13-14H,3H2,1-2H3. The molecule has 0 saturated heterocycles. The van der Waals surface area contributed by atoms with E-state index in [1.165, 1.54) is 7.11 Å². The van der Waals surface area contributed by atoms with Crippen molar-refractivity contribution in [2.45, 2.75) is 13.0 Å². The van der Waals surface area contributed by atoms with Crippen LogP contribution in [0.1, 0.15) is 18.6 Å². The van der Waals surface area contributed by atoms with Crippen molar-refractivity contribution >= 4 is 5.97 Å². The molecule has 94 valence electrons. The number of aliphatic hydroxyl groups is 1. The van der Waals surface area contributed by atoms with Crippen LogP contribution in [0.25, 0.3) is 0 Å². The van der Waals surface area contributed by atoms with Crippen molar-refractivity contribution in [1.29, 1.82) is 0 Å². The van der Waals surface area contributed by atoms with Gasteiger partial charge in [-0.2, -0.15) is 0 Å². The van der Waals surface area contributed by atoms with E-state index in [9.17, 15) is 19.4 Å². The number of hydrogen-bond donors (Lipinski definition) is 2. The van der Waals surface area contributed by atoms with Crippen molar-refractivity contribution in [3.05, 3.63) is 23.5 Å². The number of aromatic hydroxyl groups is 1. The molecule has 1 unspecified atom stereocenters. The van der Waals surface area contributed by atoms with E-state index < -0.39 is 29.4 Å². The first-order valence-corrected chi connectivity index (χ1v) is 4.93. The Kier molecular flexibility index (Phi) is 4.28. The number of esters is 1. The highest BCUT2D eigenvalue weighted by Gasteiger charge is 2.25. The van der Waals surface area contributed by atoms with Gasteiger partial charge in [-0.1, -0.05) is 0 Å². The minimum atomic E-state index is -1.68. The van der Waals surface area contributed by atoms with Gasteiger partial charge in [0.2, 0.25) is 0 Å². The molecular weight excluding hydrogens is 231 g/mol. The van der Waals surface area contributed by atoms with Crippen molar-refractivity contribution in [2.75, 3.05) is 13.7 Å². The van der Waals surface area contributed by atoms with E-state index in [0.29, 0.717) is 0 Å². The lowest BCUT2D eigenvalue weighted by atomic mass is 10.1. The van der Waals surface area contributed by atoms with Crippen LogP contribution < -0.4 is 4.74 Å². The molecule has 0 heterocycles. The number of benzene rings is 1. The number of aliphatic hydroxyl groups excluding tert-OH is 1. The molecule has 0 radical (unpaired) electrons. The van der Waals surface area contributed by atoms with Crippen molar-refractivity contribution in [3.8, 4) is 11.5 Å². The van der Waals surface area contributed by atoms with Crippen LogP contribution in [-0.2, 0) is 9.53 Å². The van der Waals surface area contributed by atoms with Crippen molar-refractivity contribution < 1.29 is 28.9 Å². The number of phenolic OH excluding ortho intramolecular Hbond substituents is 1. The molecule has 17 heavy (non-hydrogen) atoms. The summed E-state index contributed by atoms with van der Waals surface area (Å²) < 4.78 is 22.4. The SMILES string of the molecule is CCOC(=O)C(O)c1ccc(F)c(OC)c1O. The van der Waals surface area contributed by atoms with Gasteiger partial charge in [-0.15, -0.1) is 0 Å². The minimum absolute atomic E-state index is 0.0922. The lowest BCUT2D eigenvalue weighted by Gasteiger charge is -2.13. The Morgan fingerprint density at radius 3 is 2.71 bits per heavy atom. The number of rotatable bonds is 4. The molecule has 0 bridgehead atoms. The summed E-state index contributed by atoms with van der Waals surface area (Å²) in [5.74, 6) is -2.75. The van der Waals surface area contributed by atoms with Crippen molar-refractivity contribution in [1.82, 2.24) is 0 Å². The number of methoxy groups -OCH3 is 1. The third kappa shape index (κ3) is 2.65. The summed E-state index contributed by atoms with van der Waals surface area (Å²) in [4.78, 5) is 11.3. The third-order valence-electron chi connectivity index (χ3n) is 2.12. The number of hydrogen-bond acceptors (Lipinski definition) is 5. The van der Waals surface area contributed by atoms with E-state index in [1.54, 1.807) is 6.92 Å². The predicted octanol–water partition coefficient (Wildman–Crippen LogP) is 1.14. The molecule has 1 atom stereocenters. The van der Waals surface area contributed by atoms with Crippen LogP contribution in [0.15, 0.2) is 12.1 Å². The summed E-state index contributed by atoms with van der Waals surface area (Å²) in [6.07, 6.45) is -1.68. The molecule has 1 rings (SSSR count). The zero-order chi connectivity index (χ0) is 13.0. The van der Waals surface area contributed by atoms with Gasteiger partial charge in [-0.25, -0.2) is 9.18 Å². The molecule has 0 aliphatic heterocycles. The Balaban J connectivity index is 3.10. The molecule has 0 saturated carbocycles. The largest absolute Gasteiger partial charge is 0.504 e. The lowest BCUT2D eigenvalue weighted by Crippen LogP contribution is -2.15. The molecule has 0 aliphatic rings. The first-order chi connectivity index (χ1) is 8.02. The molecule has 0 aliphatic carbocycles. The van der Waals surface area contributed by atoms with Crippen LogP contribution >= 0.6 is 0 Å². The van der Waals surface area contributed by atoms with Gasteiger partial charge in [0.15, 0.2) is 23.4 Å². The number of phenols is 1. The van der Waals surface area contributed by atoms with Crippen LogP contribution in [0.5, 0.6) is 11.5 Å². The van der Waals surface area contributed by atoms with E-state index in [-0.39, 0.29) is 12.2 Å². The molecule has 6 heteroatoms. The predicted molar refractivity (Wildman–Crippen MR) is 56.2 cm³/mol. The second-order valence-corrected chi connectivity index (χ2v) is 3.17. The summed E-state index contributed by atoms with van der Waals surface area (Å²) in [6.45, 7) is 1.67. The second kappa shape index (κ2) is 5.49. The fourth-order valence-corrected chi connectivity index (χ4v) is 1.32. The van der Waals surface area contributed by atoms with Crippen LogP contribution in [0, 0.1) is 5.82 Å². The Labute approximate surface area is 97.4 Å². The molecule has 2 N–H and O–H groups in total. The molecule has 0 spiro atoms. The molecule has 1 aromatic rings. The molecule has 0 amide bonds. The average molecular weight is 244 g/mol. The van der Waals surface area contributed by atoms with Gasteiger partial charge in [0.1, 0.15) is 0 Å². The molecular formula is C11H13FO5. The van der Waals surface area contributed by atoms with Crippen LogP contribution in [0.4, 0.5) is 4.39 Å². The first-order valence-electron chi connectivity index (χ1n) is 4.93. The number of carbonyl (C=O) groups excluding carboxylic acids is 1. The lowest BCUT2D eigenvalue weighted by molar-refractivity contribution is -0.153. The molecule has 0 aromatic heterocycles. The van der Waals surface area contributed by atoms with Gasteiger partial charge in [0.05, 0.1) is 13.7 Å². The number of ether oxygens (including phenoxy) is 2. The highest BCUT2D eigenvalue weighted by Crippen LogP contribution is 2.36. The monoisotopic (exact) mass is 244 g/mol. The zero-order valence-corrected chi connectivity index (χ0v) is 9.44. The molecule has 0 fully saturated rings. The summed E-state index contributed by atoms with van der Waals surface area (Å²) >= 11 is 0. The van der Waals surface area contributed by atoms with Crippen molar-refractivity contribution in [3.63, 3.8) is 0 Å². The van der Waals surface area contributed by atoms with Crippen LogP contribution in [-0.4, -0.2) is 29.9 Å². The smallest absolute Gasteiger partial charge is 0.339 e. The maximum atomic E-state index is 13.2. The van der Waals surface area contributed by atoms with E-state index in [0.717, 1.165) is 12.1 Å². The normalized spacial score (nSPS) is 12.0. The average Bonchev–Trinajstić information content (AvgIpc) is 2.29. The summed E-state index contributed by atoms with van der Waals surface area (Å²) in [5, 5.41) is 19.2. The Morgan fingerprint density at radius 2 is 2.18 bits per heavy atom. The summed E-state index contributed by atoms with van der Waals surface area (Å²) in [6, 6.07) is 2.07. The van der Waals surface area contributed by atoms with Gasteiger partial charge in [-0.05, 0) is 19.1 Å². The quantitative estimate of drug-likeness (QED) is 0.777. The Bertz CT molecular complexity index is 419. The maximum absolute atomic E-state index is 13.2. The first kappa shape index (κ1) is 13.2. The Hall–Kier alpha value is -1.82. The van der Waals surface area contributed by atoms with Gasteiger partial charge in [0.25, 0.3) is 0 Å². The number of halogens is 1. The summed E-state index contributed by atoms with van der Waals surface area (Å²) in [5.41, 5.74) is -0.165. The minimum Gasteiger partial charge on any atom is -0.504 e. The van der Waals surface area contributed by atoms with Gasteiger partial charge in [-0.3, -0.25) is 0 Å². The molecule has 1 aromatic carbocycles. The van der Waals surface area contributed by atoms with E-state index in [1.807, 2.05) is 0 Å². The van der Waals surface area contributed by atoms with Crippen molar-refractivity contribution in [2.24, 2.45) is 0 Å².